The Hall–Kier alpha value is -3.99. The first-order valence-electron chi connectivity index (χ1n) is 12.9. The van der Waals surface area contributed by atoms with Crippen molar-refractivity contribution in [1.82, 2.24) is 9.97 Å². The van der Waals surface area contributed by atoms with Crippen LogP contribution in [0.2, 0.25) is 5.02 Å². The fourth-order valence-electron chi connectivity index (χ4n) is 5.29. The van der Waals surface area contributed by atoms with E-state index in [-0.39, 0.29) is 12.1 Å². The number of nitrogens with one attached hydrogen (secondary N) is 2. The van der Waals surface area contributed by atoms with Crippen LogP contribution in [0.1, 0.15) is 48.0 Å². The van der Waals surface area contributed by atoms with Gasteiger partial charge in [0.25, 0.3) is 0 Å². The summed E-state index contributed by atoms with van der Waals surface area (Å²) >= 11 is 6.28. The number of esters is 1. The molecule has 0 spiro atoms. The fourth-order valence-corrected chi connectivity index (χ4v) is 5.51. The van der Waals surface area contributed by atoms with Crippen molar-refractivity contribution in [1.29, 1.82) is 0 Å². The van der Waals surface area contributed by atoms with Crippen LogP contribution in [0.25, 0.3) is 11.0 Å². The highest BCUT2D eigenvalue weighted by molar-refractivity contribution is 6.33. The number of aldehydes is 1. The lowest BCUT2D eigenvalue weighted by molar-refractivity contribution is -0.107. The first-order valence-corrected chi connectivity index (χ1v) is 13.2. The van der Waals surface area contributed by atoms with E-state index in [1.54, 1.807) is 0 Å². The minimum absolute atomic E-state index is 0.0431. The van der Waals surface area contributed by atoms with Crippen molar-refractivity contribution in [3.8, 4) is 5.75 Å². The van der Waals surface area contributed by atoms with Crippen LogP contribution in [0.5, 0.6) is 5.75 Å². The number of unbranched alkanes of at least 4 members (excludes halogenated alkanes) is 1. The Kier molecular flexibility index (Phi) is 7.78. The molecular weight excluding hydrogens is 526 g/mol. The molecule has 1 amide bonds. The molecule has 2 aliphatic rings. The lowest BCUT2D eigenvalue weighted by atomic mass is 9.94. The molecule has 3 heterocycles. The number of ether oxygens (including phenoxy) is 3. The van der Waals surface area contributed by atoms with Gasteiger partial charge in [0.1, 0.15) is 23.7 Å². The maximum atomic E-state index is 13.2. The maximum absolute atomic E-state index is 13.2. The van der Waals surface area contributed by atoms with Crippen LogP contribution >= 0.6 is 11.6 Å². The van der Waals surface area contributed by atoms with Crippen LogP contribution < -0.4 is 20.7 Å². The highest BCUT2D eigenvalue weighted by Crippen LogP contribution is 2.39. The van der Waals surface area contributed by atoms with Crippen molar-refractivity contribution >= 4 is 58.3 Å². The highest BCUT2D eigenvalue weighted by atomic mass is 35.5. The molecule has 206 valence electrons. The number of piperidine rings is 1. The molecule has 12 heteroatoms. The third kappa shape index (κ3) is 5.58. The lowest BCUT2D eigenvalue weighted by Crippen LogP contribution is -2.45. The summed E-state index contributed by atoms with van der Waals surface area (Å²) in [5.74, 6) is 0.265. The zero-order valence-corrected chi connectivity index (χ0v) is 22.3. The standard InChI is InChI=1S/C27H30ClN5O6/c1-37-27(36)32-26-30-21-6-5-16(13-22(21)31-26)33-9-7-17(12-15(33)4-2-3-10-34)39-25(35)19-14-20(28)23(29)18-8-11-38-24(18)19/h5-6,10,13-15,17H,2-4,7-9,11-12,29H2,1H3,(H2,30,31,32,36). The molecule has 1 aromatic heterocycles. The van der Waals surface area contributed by atoms with E-state index in [0.717, 1.165) is 35.9 Å². The molecule has 0 saturated carbocycles. The number of hydrogen-bond acceptors (Lipinski definition) is 9. The molecule has 0 bridgehead atoms. The quantitative estimate of drug-likeness (QED) is 0.158. The number of aromatic nitrogens is 2. The van der Waals surface area contributed by atoms with Gasteiger partial charge in [-0.1, -0.05) is 11.6 Å². The number of benzene rings is 2. The maximum Gasteiger partial charge on any atom is 0.413 e. The molecule has 1 fully saturated rings. The third-order valence-corrected chi connectivity index (χ3v) is 7.51. The van der Waals surface area contributed by atoms with Gasteiger partial charge in [0, 0.05) is 49.5 Å². The van der Waals surface area contributed by atoms with Gasteiger partial charge in [0.05, 0.1) is 35.5 Å². The van der Waals surface area contributed by atoms with Gasteiger partial charge in [-0.05, 0) is 37.1 Å². The molecule has 2 unspecified atom stereocenters. The van der Waals surface area contributed by atoms with E-state index < -0.39 is 12.1 Å². The number of nitrogens with zero attached hydrogens (tertiary/aromatic N) is 2. The minimum Gasteiger partial charge on any atom is -0.492 e. The van der Waals surface area contributed by atoms with Crippen LogP contribution in [0.4, 0.5) is 22.1 Å². The monoisotopic (exact) mass is 555 g/mol. The topological polar surface area (TPSA) is 149 Å². The number of aromatic amines is 1. The Morgan fingerprint density at radius 1 is 1.36 bits per heavy atom. The van der Waals surface area contributed by atoms with Crippen molar-refractivity contribution < 1.29 is 28.6 Å². The second-order valence-corrected chi connectivity index (χ2v) is 10.0. The van der Waals surface area contributed by atoms with Crippen molar-refractivity contribution in [3.05, 3.63) is 40.4 Å². The second-order valence-electron chi connectivity index (χ2n) is 9.63. The Bertz CT molecular complexity index is 1410. The summed E-state index contributed by atoms with van der Waals surface area (Å²) in [5.41, 5.74) is 9.97. The lowest BCUT2D eigenvalue weighted by Gasteiger charge is -2.41. The summed E-state index contributed by atoms with van der Waals surface area (Å²) in [7, 11) is 1.28. The van der Waals surface area contributed by atoms with Gasteiger partial charge < -0.3 is 34.6 Å². The normalized spacial score (nSPS) is 18.4. The van der Waals surface area contributed by atoms with Gasteiger partial charge >= 0.3 is 12.1 Å². The van der Waals surface area contributed by atoms with Crippen LogP contribution in [-0.2, 0) is 20.7 Å². The van der Waals surface area contributed by atoms with Crippen molar-refractivity contribution in [3.63, 3.8) is 0 Å². The van der Waals surface area contributed by atoms with E-state index >= 15 is 0 Å². The first-order chi connectivity index (χ1) is 18.9. The summed E-state index contributed by atoms with van der Waals surface area (Å²) in [5, 5.41) is 2.85. The summed E-state index contributed by atoms with van der Waals surface area (Å²) in [4.78, 5) is 45.5. The highest BCUT2D eigenvalue weighted by Gasteiger charge is 2.33. The Labute approximate surface area is 229 Å². The summed E-state index contributed by atoms with van der Waals surface area (Å²) < 4.78 is 16.3. The number of carbonyl (C=O) groups excluding carboxylic acids is 3. The molecule has 2 aliphatic heterocycles. The molecule has 4 N–H and O–H groups in total. The van der Waals surface area contributed by atoms with E-state index in [1.807, 2.05) is 18.2 Å². The molecule has 2 aromatic carbocycles. The van der Waals surface area contributed by atoms with E-state index in [1.165, 1.54) is 13.2 Å². The van der Waals surface area contributed by atoms with Crippen LogP contribution in [0.15, 0.2) is 24.3 Å². The number of nitrogens with two attached hydrogens (primary N) is 1. The predicted molar refractivity (Wildman–Crippen MR) is 147 cm³/mol. The van der Waals surface area contributed by atoms with Gasteiger partial charge in [-0.2, -0.15) is 0 Å². The number of rotatable bonds is 8. The summed E-state index contributed by atoms with van der Waals surface area (Å²) in [6, 6.07) is 7.39. The van der Waals surface area contributed by atoms with Crippen molar-refractivity contribution in [2.24, 2.45) is 0 Å². The third-order valence-electron chi connectivity index (χ3n) is 7.19. The van der Waals surface area contributed by atoms with E-state index in [2.05, 4.69) is 24.9 Å². The zero-order valence-electron chi connectivity index (χ0n) is 21.5. The van der Waals surface area contributed by atoms with Crippen molar-refractivity contribution in [2.45, 2.75) is 50.7 Å². The Morgan fingerprint density at radius 3 is 3.00 bits per heavy atom. The summed E-state index contributed by atoms with van der Waals surface area (Å²) in [6.45, 7) is 1.09. The number of nitrogen functional groups attached to an aromatic ring is 1. The second kappa shape index (κ2) is 11.4. The number of fused-ring (bicyclic) bond motifs is 2. The average Bonchev–Trinajstić information content (AvgIpc) is 3.57. The average molecular weight is 556 g/mol. The number of imidazole rings is 1. The van der Waals surface area contributed by atoms with Gasteiger partial charge in [0.2, 0.25) is 5.95 Å². The van der Waals surface area contributed by atoms with Crippen molar-refractivity contribution in [2.75, 3.05) is 36.2 Å². The van der Waals surface area contributed by atoms with E-state index in [0.29, 0.717) is 72.3 Å². The predicted octanol–water partition coefficient (Wildman–Crippen LogP) is 4.48. The number of carbonyl (C=O) groups is 3. The SMILES string of the molecule is COC(=O)Nc1nc2ccc(N3CCC(OC(=O)c4cc(Cl)c(N)c5c4OCC5)CC3CCCC=O)cc2[nH]1. The molecule has 3 aromatic rings. The number of H-pyrrole nitrogens is 1. The van der Waals surface area contributed by atoms with E-state index in [9.17, 15) is 14.4 Å². The molecule has 0 aliphatic carbocycles. The van der Waals surface area contributed by atoms with Crippen LogP contribution in [0.3, 0.4) is 0 Å². The molecule has 39 heavy (non-hydrogen) atoms. The number of methoxy groups -OCH3 is 1. The zero-order chi connectivity index (χ0) is 27.5. The minimum atomic E-state index is -0.612. The van der Waals surface area contributed by atoms with Crippen LogP contribution in [-0.4, -0.2) is 60.7 Å². The molecule has 2 atom stereocenters. The molecular formula is C27H30ClN5O6. The first kappa shape index (κ1) is 26.6. The molecule has 0 radical (unpaired) electrons. The number of anilines is 3. The molecule has 11 nitrogen and oxygen atoms in total. The number of hydrogen-bond donors (Lipinski definition) is 3. The van der Waals surface area contributed by atoms with E-state index in [4.69, 9.17) is 26.8 Å². The Morgan fingerprint density at radius 2 is 2.21 bits per heavy atom. The van der Waals surface area contributed by atoms with Gasteiger partial charge in [0.15, 0.2) is 0 Å². The fraction of sp³-hybridized carbons (Fsp3) is 0.407. The summed E-state index contributed by atoms with van der Waals surface area (Å²) in [6.07, 6.45) is 3.76. The smallest absolute Gasteiger partial charge is 0.413 e. The number of amides is 1. The molecule has 1 saturated heterocycles. The van der Waals surface area contributed by atoms with Gasteiger partial charge in [-0.3, -0.25) is 5.32 Å². The largest absolute Gasteiger partial charge is 0.492 e. The van der Waals surface area contributed by atoms with Gasteiger partial charge in [-0.25, -0.2) is 14.6 Å². The van der Waals surface area contributed by atoms with Gasteiger partial charge in [-0.15, -0.1) is 0 Å². The van der Waals surface area contributed by atoms with Crippen LogP contribution in [0, 0.1) is 0 Å². The molecule has 5 rings (SSSR count). The number of halogens is 1. The Balaban J connectivity index is 1.33.